The molecule has 0 saturated heterocycles. The molecule has 0 spiro atoms. The predicted molar refractivity (Wildman–Crippen MR) is 67.5 cm³/mol. The van der Waals surface area contributed by atoms with Crippen LogP contribution in [0, 0.1) is 0 Å². The number of carbonyl (C=O) groups is 1. The summed E-state index contributed by atoms with van der Waals surface area (Å²) in [5.41, 5.74) is 0.983. The van der Waals surface area contributed by atoms with Gasteiger partial charge in [0.05, 0.1) is 5.92 Å². The number of aromatic hydroxyl groups is 1. The van der Waals surface area contributed by atoms with E-state index >= 15 is 0 Å². The van der Waals surface area contributed by atoms with Crippen LogP contribution < -0.4 is 0 Å². The topological polar surface area (TPSA) is 57.5 Å². The van der Waals surface area contributed by atoms with Gasteiger partial charge in [0.1, 0.15) is 5.75 Å². The molecule has 0 amide bonds. The van der Waals surface area contributed by atoms with Crippen molar-refractivity contribution in [3.8, 4) is 16.2 Å². The highest BCUT2D eigenvalue weighted by atomic mass is 32.1. The van der Waals surface area contributed by atoms with Gasteiger partial charge in [0.2, 0.25) is 0 Å². The molecule has 4 heteroatoms. The highest BCUT2D eigenvalue weighted by molar-refractivity contribution is 7.15. The van der Waals surface area contributed by atoms with Crippen LogP contribution in [0.3, 0.4) is 0 Å². The lowest BCUT2D eigenvalue weighted by Crippen LogP contribution is -2.04. The van der Waals surface area contributed by atoms with Crippen LogP contribution in [-0.2, 0) is 4.79 Å². The number of hydrogen-bond acceptors (Lipinski definition) is 3. The first-order chi connectivity index (χ1) is 8.08. The second-order valence-corrected chi connectivity index (χ2v) is 4.92. The molecule has 0 aliphatic rings. The summed E-state index contributed by atoms with van der Waals surface area (Å²) >= 11 is 1.47. The van der Waals surface area contributed by atoms with Gasteiger partial charge >= 0.3 is 5.97 Å². The molecule has 17 heavy (non-hydrogen) atoms. The van der Waals surface area contributed by atoms with Gasteiger partial charge in [0.15, 0.2) is 0 Å². The summed E-state index contributed by atoms with van der Waals surface area (Å²) in [6.07, 6.45) is 0. The lowest BCUT2D eigenvalue weighted by molar-refractivity contribution is -0.138. The van der Waals surface area contributed by atoms with Gasteiger partial charge in [-0.15, -0.1) is 11.3 Å². The van der Waals surface area contributed by atoms with Gasteiger partial charge in [0, 0.05) is 9.75 Å². The number of phenolic OH excluding ortho intramolecular Hbond substituents is 1. The molecule has 1 heterocycles. The number of thiophene rings is 1. The van der Waals surface area contributed by atoms with Crippen LogP contribution >= 0.6 is 11.3 Å². The standard InChI is InChI=1S/C13H12O3S/c1-8(13(15)16)11-6-7-12(17-11)9-2-4-10(14)5-3-9/h2-8,14H,1H3,(H,15,16). The van der Waals surface area contributed by atoms with Crippen molar-refractivity contribution in [2.45, 2.75) is 12.8 Å². The van der Waals surface area contributed by atoms with E-state index < -0.39 is 11.9 Å². The maximum absolute atomic E-state index is 10.9. The van der Waals surface area contributed by atoms with Gasteiger partial charge in [-0.05, 0) is 48.9 Å². The molecule has 0 aliphatic carbocycles. The molecule has 1 aromatic carbocycles. The van der Waals surface area contributed by atoms with Crippen molar-refractivity contribution in [3.05, 3.63) is 41.3 Å². The predicted octanol–water partition coefficient (Wildman–Crippen LogP) is 3.31. The van der Waals surface area contributed by atoms with E-state index in [-0.39, 0.29) is 5.75 Å². The minimum absolute atomic E-state index is 0.226. The van der Waals surface area contributed by atoms with Crippen molar-refractivity contribution in [2.24, 2.45) is 0 Å². The first-order valence-corrected chi connectivity index (χ1v) is 6.01. The van der Waals surface area contributed by atoms with Gasteiger partial charge in [-0.25, -0.2) is 0 Å². The summed E-state index contributed by atoms with van der Waals surface area (Å²) in [4.78, 5) is 12.7. The molecule has 2 rings (SSSR count). The largest absolute Gasteiger partial charge is 0.508 e. The molecule has 2 aromatic rings. The minimum Gasteiger partial charge on any atom is -0.508 e. The quantitative estimate of drug-likeness (QED) is 0.876. The number of carboxylic acid groups (broad SMARTS) is 1. The molecule has 0 bridgehead atoms. The molecule has 88 valence electrons. The van der Waals surface area contributed by atoms with Crippen molar-refractivity contribution >= 4 is 17.3 Å². The fourth-order valence-electron chi connectivity index (χ4n) is 1.49. The highest BCUT2D eigenvalue weighted by Gasteiger charge is 2.16. The summed E-state index contributed by atoms with van der Waals surface area (Å²) in [6.45, 7) is 1.68. The Bertz CT molecular complexity index is 528. The van der Waals surface area contributed by atoms with E-state index in [1.807, 2.05) is 24.3 Å². The van der Waals surface area contributed by atoms with Crippen molar-refractivity contribution in [3.63, 3.8) is 0 Å². The van der Waals surface area contributed by atoms with Gasteiger partial charge in [-0.2, -0.15) is 0 Å². The second-order valence-electron chi connectivity index (χ2n) is 3.81. The van der Waals surface area contributed by atoms with E-state index in [1.165, 1.54) is 11.3 Å². The normalized spacial score (nSPS) is 12.3. The summed E-state index contributed by atoms with van der Waals surface area (Å²) < 4.78 is 0. The lowest BCUT2D eigenvalue weighted by Gasteiger charge is -2.01. The van der Waals surface area contributed by atoms with Crippen LogP contribution in [-0.4, -0.2) is 16.2 Å². The van der Waals surface area contributed by atoms with Crippen molar-refractivity contribution in [1.82, 2.24) is 0 Å². The zero-order chi connectivity index (χ0) is 12.4. The fourth-order valence-corrected chi connectivity index (χ4v) is 2.55. The van der Waals surface area contributed by atoms with Crippen molar-refractivity contribution in [2.75, 3.05) is 0 Å². The zero-order valence-electron chi connectivity index (χ0n) is 9.25. The summed E-state index contributed by atoms with van der Waals surface area (Å²) in [5, 5.41) is 18.1. The van der Waals surface area contributed by atoms with Crippen molar-refractivity contribution < 1.29 is 15.0 Å². The van der Waals surface area contributed by atoms with Crippen molar-refractivity contribution in [1.29, 1.82) is 0 Å². The SMILES string of the molecule is CC(C(=O)O)c1ccc(-c2ccc(O)cc2)s1. The first kappa shape index (κ1) is 11.7. The minimum atomic E-state index is -0.816. The molecule has 1 atom stereocenters. The Morgan fingerprint density at radius 1 is 1.18 bits per heavy atom. The number of rotatable bonds is 3. The highest BCUT2D eigenvalue weighted by Crippen LogP contribution is 2.32. The van der Waals surface area contributed by atoms with E-state index in [0.29, 0.717) is 0 Å². The Kier molecular flexibility index (Phi) is 3.15. The summed E-state index contributed by atoms with van der Waals surface area (Å²) in [6, 6.07) is 10.6. The summed E-state index contributed by atoms with van der Waals surface area (Å²) in [7, 11) is 0. The Hall–Kier alpha value is -1.81. The van der Waals surface area contributed by atoms with Crippen LogP contribution in [0.15, 0.2) is 36.4 Å². The van der Waals surface area contributed by atoms with Crippen LogP contribution in [0.25, 0.3) is 10.4 Å². The summed E-state index contributed by atoms with van der Waals surface area (Å²) in [5.74, 6) is -1.07. The fraction of sp³-hybridized carbons (Fsp3) is 0.154. The Balaban J connectivity index is 2.29. The number of carboxylic acids is 1. The maximum Gasteiger partial charge on any atom is 0.311 e. The zero-order valence-corrected chi connectivity index (χ0v) is 10.1. The lowest BCUT2D eigenvalue weighted by atomic mass is 10.1. The van der Waals surface area contributed by atoms with Gasteiger partial charge < -0.3 is 10.2 Å². The molecule has 0 fully saturated rings. The number of phenols is 1. The van der Waals surface area contributed by atoms with Gasteiger partial charge in [0.25, 0.3) is 0 Å². The second kappa shape index (κ2) is 4.59. The van der Waals surface area contributed by atoms with E-state index in [9.17, 15) is 9.90 Å². The first-order valence-electron chi connectivity index (χ1n) is 5.20. The van der Waals surface area contributed by atoms with Crippen LogP contribution in [0.2, 0.25) is 0 Å². The maximum atomic E-state index is 10.9. The smallest absolute Gasteiger partial charge is 0.311 e. The molecular weight excluding hydrogens is 236 g/mol. The number of benzene rings is 1. The van der Waals surface area contributed by atoms with E-state index in [0.717, 1.165) is 15.3 Å². The van der Waals surface area contributed by atoms with Gasteiger partial charge in [-0.1, -0.05) is 0 Å². The third-order valence-corrected chi connectivity index (χ3v) is 3.89. The van der Waals surface area contributed by atoms with Crippen LogP contribution in [0.4, 0.5) is 0 Å². The molecule has 3 nitrogen and oxygen atoms in total. The van der Waals surface area contributed by atoms with E-state index in [1.54, 1.807) is 19.1 Å². The molecule has 1 aromatic heterocycles. The van der Waals surface area contributed by atoms with Crippen LogP contribution in [0.1, 0.15) is 17.7 Å². The average molecular weight is 248 g/mol. The van der Waals surface area contributed by atoms with E-state index in [2.05, 4.69) is 0 Å². The van der Waals surface area contributed by atoms with Crippen LogP contribution in [0.5, 0.6) is 5.75 Å². The molecule has 2 N–H and O–H groups in total. The Labute approximate surface area is 103 Å². The monoisotopic (exact) mass is 248 g/mol. The average Bonchev–Trinajstić information content (AvgIpc) is 2.78. The Morgan fingerprint density at radius 3 is 2.41 bits per heavy atom. The molecule has 0 radical (unpaired) electrons. The third-order valence-electron chi connectivity index (χ3n) is 2.58. The third kappa shape index (κ3) is 2.47. The number of hydrogen-bond donors (Lipinski definition) is 2. The van der Waals surface area contributed by atoms with E-state index in [4.69, 9.17) is 5.11 Å². The van der Waals surface area contributed by atoms with Gasteiger partial charge in [-0.3, -0.25) is 4.79 Å². The molecular formula is C13H12O3S. The number of aliphatic carboxylic acids is 1. The molecule has 0 aliphatic heterocycles. The molecule has 0 saturated carbocycles. The Morgan fingerprint density at radius 2 is 1.82 bits per heavy atom. The molecule has 1 unspecified atom stereocenters.